The Morgan fingerprint density at radius 2 is 1.81 bits per heavy atom. The number of anilines is 1. The first kappa shape index (κ1) is 17.4. The lowest BCUT2D eigenvalue weighted by atomic mass is 10.1. The molecule has 7 heteroatoms. The van der Waals surface area contributed by atoms with Crippen LogP contribution in [0.5, 0.6) is 0 Å². The van der Waals surface area contributed by atoms with Gasteiger partial charge in [-0.2, -0.15) is 4.52 Å². The van der Waals surface area contributed by atoms with Crippen LogP contribution in [-0.4, -0.2) is 14.6 Å². The lowest BCUT2D eigenvalue weighted by Gasteiger charge is -2.22. The SMILES string of the molecule is Cc1cc(=O)n2nc(N(Cc3ccccc3)Cc3ccccc3F)sc2n1. The number of aryl methyl sites for hydroxylation is 1. The Hall–Kier alpha value is -3.06. The van der Waals surface area contributed by atoms with E-state index in [2.05, 4.69) is 10.1 Å². The number of aromatic nitrogens is 3. The molecule has 4 rings (SSSR count). The summed E-state index contributed by atoms with van der Waals surface area (Å²) in [6.07, 6.45) is 0. The fraction of sp³-hybridized carbons (Fsp3) is 0.150. The molecule has 27 heavy (non-hydrogen) atoms. The molecule has 0 aliphatic carbocycles. The van der Waals surface area contributed by atoms with Gasteiger partial charge >= 0.3 is 0 Å². The van der Waals surface area contributed by atoms with E-state index in [9.17, 15) is 9.18 Å². The molecule has 0 aliphatic rings. The molecule has 0 radical (unpaired) electrons. The van der Waals surface area contributed by atoms with Crippen LogP contribution in [0.4, 0.5) is 9.52 Å². The Balaban J connectivity index is 1.76. The Morgan fingerprint density at radius 1 is 1.07 bits per heavy atom. The number of benzene rings is 2. The molecule has 136 valence electrons. The highest BCUT2D eigenvalue weighted by Gasteiger charge is 2.17. The maximum Gasteiger partial charge on any atom is 0.275 e. The predicted octanol–water partition coefficient (Wildman–Crippen LogP) is 3.81. The van der Waals surface area contributed by atoms with Gasteiger partial charge in [-0.25, -0.2) is 9.37 Å². The maximum absolute atomic E-state index is 14.2. The normalized spacial score (nSPS) is 11.0. The fourth-order valence-corrected chi connectivity index (χ4v) is 3.82. The van der Waals surface area contributed by atoms with Crippen molar-refractivity contribution in [2.24, 2.45) is 0 Å². The molecule has 0 fully saturated rings. The summed E-state index contributed by atoms with van der Waals surface area (Å²) in [6.45, 7) is 2.67. The van der Waals surface area contributed by atoms with Crippen LogP contribution >= 0.6 is 11.3 Å². The third kappa shape index (κ3) is 3.73. The molecule has 4 aromatic rings. The van der Waals surface area contributed by atoms with Crippen molar-refractivity contribution in [2.75, 3.05) is 4.90 Å². The highest BCUT2D eigenvalue weighted by Crippen LogP contribution is 2.25. The Bertz CT molecular complexity index is 1140. The number of fused-ring (bicyclic) bond motifs is 1. The highest BCUT2D eigenvalue weighted by atomic mass is 32.1. The van der Waals surface area contributed by atoms with Crippen LogP contribution in [0.1, 0.15) is 16.8 Å². The minimum atomic E-state index is -0.261. The summed E-state index contributed by atoms with van der Waals surface area (Å²) in [6, 6.07) is 18.0. The second kappa shape index (κ2) is 7.28. The van der Waals surface area contributed by atoms with Crippen molar-refractivity contribution in [3.63, 3.8) is 0 Å². The lowest BCUT2D eigenvalue weighted by Crippen LogP contribution is -2.23. The zero-order valence-corrected chi connectivity index (χ0v) is 15.5. The highest BCUT2D eigenvalue weighted by molar-refractivity contribution is 7.20. The predicted molar refractivity (Wildman–Crippen MR) is 105 cm³/mol. The first-order valence-corrected chi connectivity index (χ1v) is 9.31. The van der Waals surface area contributed by atoms with Crippen molar-refractivity contribution in [1.82, 2.24) is 14.6 Å². The third-order valence-electron chi connectivity index (χ3n) is 4.17. The number of hydrogen-bond acceptors (Lipinski definition) is 5. The molecule has 0 unspecified atom stereocenters. The van der Waals surface area contributed by atoms with Crippen molar-refractivity contribution in [3.8, 4) is 0 Å². The van der Waals surface area contributed by atoms with E-state index in [1.54, 1.807) is 19.1 Å². The summed E-state index contributed by atoms with van der Waals surface area (Å²) in [5.41, 5.74) is 2.08. The van der Waals surface area contributed by atoms with E-state index in [4.69, 9.17) is 0 Å². The van der Waals surface area contributed by atoms with E-state index >= 15 is 0 Å². The summed E-state index contributed by atoms with van der Waals surface area (Å²) >= 11 is 1.32. The minimum Gasteiger partial charge on any atom is -0.338 e. The van der Waals surface area contributed by atoms with Crippen LogP contribution in [0.3, 0.4) is 0 Å². The summed E-state index contributed by atoms with van der Waals surface area (Å²) in [7, 11) is 0. The van der Waals surface area contributed by atoms with Crippen LogP contribution in [0.25, 0.3) is 4.96 Å². The van der Waals surface area contributed by atoms with Gasteiger partial charge in [-0.1, -0.05) is 59.9 Å². The second-order valence-corrected chi connectivity index (χ2v) is 7.18. The van der Waals surface area contributed by atoms with Crippen molar-refractivity contribution < 1.29 is 4.39 Å². The van der Waals surface area contributed by atoms with Gasteiger partial charge < -0.3 is 4.90 Å². The van der Waals surface area contributed by atoms with E-state index in [0.29, 0.717) is 34.4 Å². The second-order valence-electron chi connectivity index (χ2n) is 6.25. The minimum absolute atomic E-state index is 0.217. The average molecular weight is 380 g/mol. The molecule has 2 aromatic carbocycles. The molecule has 0 saturated heterocycles. The standard InChI is InChI=1S/C20H17FN4OS/c1-14-11-18(26)25-19(22-14)27-20(23-25)24(12-15-7-3-2-4-8-15)13-16-9-5-6-10-17(16)21/h2-11H,12-13H2,1H3. The zero-order valence-electron chi connectivity index (χ0n) is 14.7. The van der Waals surface area contributed by atoms with Crippen molar-refractivity contribution in [2.45, 2.75) is 20.0 Å². The maximum atomic E-state index is 14.2. The molecule has 0 spiro atoms. The van der Waals surface area contributed by atoms with E-state index in [1.807, 2.05) is 41.3 Å². The monoisotopic (exact) mass is 380 g/mol. The zero-order chi connectivity index (χ0) is 18.8. The van der Waals surface area contributed by atoms with Crippen molar-refractivity contribution in [3.05, 3.63) is 93.7 Å². The Kier molecular flexibility index (Phi) is 4.68. The van der Waals surface area contributed by atoms with E-state index in [-0.39, 0.29) is 11.4 Å². The molecule has 2 aromatic heterocycles. The van der Waals surface area contributed by atoms with E-state index < -0.39 is 0 Å². The van der Waals surface area contributed by atoms with Gasteiger partial charge in [-0.05, 0) is 18.6 Å². The van der Waals surface area contributed by atoms with Crippen molar-refractivity contribution >= 4 is 21.4 Å². The average Bonchev–Trinajstić information content (AvgIpc) is 3.08. The van der Waals surface area contributed by atoms with Gasteiger partial charge in [0.05, 0.1) is 0 Å². The molecule has 0 saturated carbocycles. The smallest absolute Gasteiger partial charge is 0.275 e. The van der Waals surface area contributed by atoms with Gasteiger partial charge in [0.15, 0.2) is 0 Å². The number of hydrogen-bond donors (Lipinski definition) is 0. The number of halogens is 1. The number of nitrogens with zero attached hydrogens (tertiary/aromatic N) is 4. The van der Waals surface area contributed by atoms with Crippen LogP contribution < -0.4 is 10.5 Å². The van der Waals surface area contributed by atoms with Gasteiger partial charge in [0, 0.05) is 30.4 Å². The first-order chi connectivity index (χ1) is 13.1. The lowest BCUT2D eigenvalue weighted by molar-refractivity contribution is 0.603. The van der Waals surface area contributed by atoms with Crippen LogP contribution in [0, 0.1) is 12.7 Å². The summed E-state index contributed by atoms with van der Waals surface area (Å²) in [4.78, 5) is 19.1. The molecule has 2 heterocycles. The Morgan fingerprint density at radius 3 is 2.59 bits per heavy atom. The molecular weight excluding hydrogens is 363 g/mol. The fourth-order valence-electron chi connectivity index (χ4n) is 2.87. The quantitative estimate of drug-likeness (QED) is 0.528. The third-order valence-corrected chi connectivity index (χ3v) is 5.14. The molecule has 0 N–H and O–H groups in total. The van der Waals surface area contributed by atoms with Gasteiger partial charge in [0.25, 0.3) is 5.56 Å². The van der Waals surface area contributed by atoms with Crippen LogP contribution in [-0.2, 0) is 13.1 Å². The van der Waals surface area contributed by atoms with Crippen LogP contribution in [0.2, 0.25) is 0 Å². The van der Waals surface area contributed by atoms with Crippen molar-refractivity contribution in [1.29, 1.82) is 0 Å². The molecular formula is C20H17FN4OS. The van der Waals surface area contributed by atoms with E-state index in [1.165, 1.54) is 28.0 Å². The summed E-state index contributed by atoms with van der Waals surface area (Å²) < 4.78 is 15.5. The summed E-state index contributed by atoms with van der Waals surface area (Å²) in [5.74, 6) is -0.261. The summed E-state index contributed by atoms with van der Waals surface area (Å²) in [5, 5.41) is 5.06. The van der Waals surface area contributed by atoms with Gasteiger partial charge in [0.1, 0.15) is 5.82 Å². The topological polar surface area (TPSA) is 50.5 Å². The molecule has 0 bridgehead atoms. The van der Waals surface area contributed by atoms with Gasteiger partial charge in [0.2, 0.25) is 10.1 Å². The number of rotatable bonds is 5. The van der Waals surface area contributed by atoms with Gasteiger partial charge in [-0.15, -0.1) is 5.10 Å². The van der Waals surface area contributed by atoms with E-state index in [0.717, 1.165) is 5.56 Å². The molecule has 0 aliphatic heterocycles. The molecule has 0 amide bonds. The first-order valence-electron chi connectivity index (χ1n) is 8.50. The Labute approximate surface area is 159 Å². The molecule has 0 atom stereocenters. The van der Waals surface area contributed by atoms with Crippen LogP contribution in [0.15, 0.2) is 65.5 Å². The largest absolute Gasteiger partial charge is 0.338 e. The van der Waals surface area contributed by atoms with Gasteiger partial charge in [-0.3, -0.25) is 4.79 Å². The molecule has 5 nitrogen and oxygen atoms in total.